The number of rotatable bonds is 7. The van der Waals surface area contributed by atoms with Gasteiger partial charge in [0.25, 0.3) is 21.5 Å². The fourth-order valence-corrected chi connectivity index (χ4v) is 8.41. The minimum absolute atomic E-state index is 0.0151. The molecule has 10 nitrogen and oxygen atoms in total. The van der Waals surface area contributed by atoms with Crippen molar-refractivity contribution in [3.63, 3.8) is 0 Å². The lowest BCUT2D eigenvalue weighted by molar-refractivity contribution is 0.0747. The third kappa shape index (κ3) is 6.36. The lowest BCUT2D eigenvalue weighted by atomic mass is 9.83. The van der Waals surface area contributed by atoms with Crippen LogP contribution in [0.25, 0.3) is 0 Å². The predicted octanol–water partition coefficient (Wildman–Crippen LogP) is 5.01. The van der Waals surface area contributed by atoms with Gasteiger partial charge in [0, 0.05) is 79.2 Å². The second kappa shape index (κ2) is 12.7. The Balaban J connectivity index is 1.16. The number of pyridine rings is 1. The molecule has 2 saturated heterocycles. The first kappa shape index (κ1) is 31.3. The number of hydrogen-bond donors (Lipinski definition) is 1. The van der Waals surface area contributed by atoms with Crippen LogP contribution in [0.1, 0.15) is 28.4 Å². The zero-order chi connectivity index (χ0) is 32.7. The summed E-state index contributed by atoms with van der Waals surface area (Å²) in [5, 5.41) is 0. The van der Waals surface area contributed by atoms with E-state index in [2.05, 4.69) is 30.5 Å². The van der Waals surface area contributed by atoms with Gasteiger partial charge in [0.1, 0.15) is 5.75 Å². The molecule has 2 atom stereocenters. The molecule has 3 aromatic carbocycles. The molecule has 47 heavy (non-hydrogen) atoms. The van der Waals surface area contributed by atoms with Gasteiger partial charge in [0.2, 0.25) is 0 Å². The zero-order valence-electron chi connectivity index (χ0n) is 26.0. The fraction of sp³-hybridized carbons (Fsp3) is 0.314. The number of nitrogens with zero attached hydrogens (tertiary/aromatic N) is 4. The van der Waals surface area contributed by atoms with Gasteiger partial charge in [-0.2, -0.15) is 0 Å². The predicted molar refractivity (Wildman–Crippen MR) is 186 cm³/mol. The van der Waals surface area contributed by atoms with Crippen molar-refractivity contribution in [3.8, 4) is 5.75 Å². The molecule has 244 valence electrons. The molecule has 12 heteroatoms. The van der Waals surface area contributed by atoms with Gasteiger partial charge in [-0.1, -0.05) is 22.0 Å². The number of benzene rings is 3. The van der Waals surface area contributed by atoms with Crippen LogP contribution in [0.5, 0.6) is 5.75 Å². The summed E-state index contributed by atoms with van der Waals surface area (Å²) in [4.78, 5) is 32.8. The van der Waals surface area contributed by atoms with E-state index >= 15 is 0 Å². The van der Waals surface area contributed by atoms with Crippen molar-refractivity contribution in [2.45, 2.75) is 23.8 Å². The number of amides is 1. The number of hydrogen-bond acceptors (Lipinski definition) is 7. The van der Waals surface area contributed by atoms with Crippen LogP contribution in [0.3, 0.4) is 0 Å². The number of carbonyl (C=O) groups is 1. The van der Waals surface area contributed by atoms with Crippen LogP contribution in [-0.2, 0) is 16.6 Å². The Labute approximate surface area is 282 Å². The third-order valence-corrected chi connectivity index (χ3v) is 11.3. The largest absolute Gasteiger partial charge is 0.497 e. The highest BCUT2D eigenvalue weighted by molar-refractivity contribution is 9.10. The van der Waals surface area contributed by atoms with Crippen LogP contribution < -0.4 is 24.8 Å². The Morgan fingerprint density at radius 2 is 1.62 bits per heavy atom. The minimum atomic E-state index is -3.96. The van der Waals surface area contributed by atoms with Crippen molar-refractivity contribution < 1.29 is 17.9 Å². The number of ether oxygens (including phenoxy) is 1. The van der Waals surface area contributed by atoms with Crippen LogP contribution in [0.4, 0.5) is 17.1 Å². The number of halogens is 1. The normalized spacial score (nSPS) is 19.2. The Kier molecular flexibility index (Phi) is 8.48. The van der Waals surface area contributed by atoms with Gasteiger partial charge in [0.15, 0.2) is 0 Å². The first-order valence-electron chi connectivity index (χ1n) is 15.7. The van der Waals surface area contributed by atoms with Gasteiger partial charge in [-0.05, 0) is 85.1 Å². The number of methoxy groups -OCH3 is 1. The summed E-state index contributed by atoms with van der Waals surface area (Å²) in [5.74, 6) is 1.03. The smallest absolute Gasteiger partial charge is 0.261 e. The molecule has 3 aliphatic heterocycles. The number of aromatic nitrogens is 1. The molecule has 0 saturated carbocycles. The number of fused-ring (bicyclic) bond motifs is 4. The molecular formula is C35H36BrN5O5S. The number of anilines is 3. The van der Waals surface area contributed by atoms with E-state index in [1.807, 2.05) is 51.9 Å². The van der Waals surface area contributed by atoms with Gasteiger partial charge in [0.05, 0.1) is 23.4 Å². The lowest BCUT2D eigenvalue weighted by Crippen LogP contribution is -2.49. The summed E-state index contributed by atoms with van der Waals surface area (Å²) >= 11 is 3.37. The topological polar surface area (TPSA) is 104 Å². The summed E-state index contributed by atoms with van der Waals surface area (Å²) in [7, 11) is -2.32. The Bertz CT molecular complexity index is 1960. The van der Waals surface area contributed by atoms with E-state index in [0.717, 1.165) is 28.0 Å². The molecule has 7 rings (SSSR count). The van der Waals surface area contributed by atoms with Crippen molar-refractivity contribution in [1.82, 2.24) is 9.47 Å². The lowest BCUT2D eigenvalue weighted by Gasteiger charge is -2.44. The summed E-state index contributed by atoms with van der Waals surface area (Å²) in [6.07, 6.45) is 0.971. The maximum atomic E-state index is 13.8. The van der Waals surface area contributed by atoms with Crippen molar-refractivity contribution in [1.29, 1.82) is 0 Å². The molecule has 0 spiro atoms. The van der Waals surface area contributed by atoms with Crippen LogP contribution in [0.2, 0.25) is 0 Å². The monoisotopic (exact) mass is 717 g/mol. The molecule has 2 bridgehead atoms. The first-order chi connectivity index (χ1) is 22.7. The number of piperidine rings is 1. The standard InChI is InChI=1S/C35H36BrN5O5S/c1-46-29-10-8-28(9-11-29)38-15-17-39(18-16-38)35(43)25-5-14-33(31(20-25)37-47(44,45)30-12-6-27(36)7-13-30)40-21-24-19-26(23-40)32-3-2-4-34(42)41(32)22-24/h2-14,20,24,26,37H,15-19,21-23H2,1H3/t24-,26+/m1/s1. The van der Waals surface area contributed by atoms with Crippen LogP contribution >= 0.6 is 15.9 Å². The number of carbonyl (C=O) groups excluding carboxylic acids is 1. The van der Waals surface area contributed by atoms with Crippen LogP contribution in [-0.4, -0.2) is 70.2 Å². The van der Waals surface area contributed by atoms with Gasteiger partial charge in [-0.15, -0.1) is 0 Å². The van der Waals surface area contributed by atoms with Crippen molar-refractivity contribution >= 4 is 48.9 Å². The fourth-order valence-electron chi connectivity index (χ4n) is 7.08. The van der Waals surface area contributed by atoms with Gasteiger partial charge in [-0.3, -0.25) is 14.3 Å². The summed E-state index contributed by atoms with van der Waals surface area (Å²) < 4.78 is 38.0. The minimum Gasteiger partial charge on any atom is -0.497 e. The Morgan fingerprint density at radius 1 is 0.872 bits per heavy atom. The molecule has 1 amide bonds. The summed E-state index contributed by atoms with van der Waals surface area (Å²) in [6.45, 7) is 4.38. The second-order valence-electron chi connectivity index (χ2n) is 12.4. The van der Waals surface area contributed by atoms with Crippen molar-refractivity contribution in [2.75, 3.05) is 60.9 Å². The highest BCUT2D eigenvalue weighted by Crippen LogP contribution is 2.40. The quantitative estimate of drug-likeness (QED) is 0.287. The first-order valence-corrected chi connectivity index (χ1v) is 18.0. The van der Waals surface area contributed by atoms with E-state index in [1.165, 1.54) is 0 Å². The van der Waals surface area contributed by atoms with E-state index in [9.17, 15) is 18.0 Å². The van der Waals surface area contributed by atoms with E-state index < -0.39 is 10.0 Å². The van der Waals surface area contributed by atoms with E-state index in [1.54, 1.807) is 49.6 Å². The van der Waals surface area contributed by atoms with E-state index in [4.69, 9.17) is 4.74 Å². The van der Waals surface area contributed by atoms with Gasteiger partial charge >= 0.3 is 0 Å². The van der Waals surface area contributed by atoms with Crippen molar-refractivity contribution in [3.05, 3.63) is 111 Å². The molecule has 1 N–H and O–H groups in total. The number of sulfonamides is 1. The molecular weight excluding hydrogens is 682 g/mol. The maximum Gasteiger partial charge on any atom is 0.261 e. The Morgan fingerprint density at radius 3 is 2.34 bits per heavy atom. The zero-order valence-corrected chi connectivity index (χ0v) is 28.4. The third-order valence-electron chi connectivity index (χ3n) is 9.44. The van der Waals surface area contributed by atoms with Crippen LogP contribution in [0, 0.1) is 5.92 Å². The number of piperazine rings is 1. The highest BCUT2D eigenvalue weighted by Gasteiger charge is 2.36. The molecule has 4 heterocycles. The molecule has 0 unspecified atom stereocenters. The molecule has 0 radical (unpaired) electrons. The molecule has 4 aromatic rings. The highest BCUT2D eigenvalue weighted by atomic mass is 79.9. The average molecular weight is 719 g/mol. The molecule has 1 aromatic heterocycles. The molecule has 2 fully saturated rings. The van der Waals surface area contributed by atoms with Crippen molar-refractivity contribution in [2.24, 2.45) is 5.92 Å². The van der Waals surface area contributed by atoms with Gasteiger partial charge in [-0.25, -0.2) is 8.42 Å². The van der Waals surface area contributed by atoms with E-state index in [-0.39, 0.29) is 28.2 Å². The molecule has 3 aliphatic rings. The van der Waals surface area contributed by atoms with Gasteiger partial charge < -0.3 is 24.0 Å². The average Bonchev–Trinajstić information content (AvgIpc) is 3.08. The van der Waals surface area contributed by atoms with Crippen LogP contribution in [0.15, 0.2) is 99.1 Å². The Hall–Kier alpha value is -4.29. The SMILES string of the molecule is COc1ccc(N2CCN(C(=O)c3ccc(N4C[C@H]5C[C@@H](C4)c4cccc(=O)n4C5)c(NS(=O)(=O)c4ccc(Br)cc4)c3)CC2)cc1. The number of nitrogens with one attached hydrogen (secondary N) is 1. The molecule has 0 aliphatic carbocycles. The summed E-state index contributed by atoms with van der Waals surface area (Å²) in [6, 6.07) is 25.1. The maximum absolute atomic E-state index is 13.8. The second-order valence-corrected chi connectivity index (χ2v) is 15.0. The summed E-state index contributed by atoms with van der Waals surface area (Å²) in [5.41, 5.74) is 3.60. The van der Waals surface area contributed by atoms with E-state index in [0.29, 0.717) is 62.8 Å².